The Morgan fingerprint density at radius 2 is 0.435 bits per heavy atom. The Labute approximate surface area is 504 Å². The molecule has 85 heavy (non-hydrogen) atoms. The maximum Gasteiger partial charge on any atom is 0.194 e. The lowest BCUT2D eigenvalue weighted by Crippen LogP contribution is -2.44. The second-order valence-corrected chi connectivity index (χ2v) is 34.3. The summed E-state index contributed by atoms with van der Waals surface area (Å²) in [5, 5.41) is 19.5. The molecule has 6 rings (SSSR count). The first-order valence-electron chi connectivity index (χ1n) is 27.9. The smallest absolute Gasteiger partial charge is 0.194 e. The van der Waals surface area contributed by atoms with Crippen LogP contribution in [0.4, 0.5) is 0 Å². The zero-order chi connectivity index (χ0) is 64.3. The Hall–Kier alpha value is -7.07. The third-order valence-corrected chi connectivity index (χ3v) is 15.1. The second-order valence-electron chi connectivity index (χ2n) is 25.4. The standard InChI is InChI=1S/C26H38O5Si2.C22H26O5.C20H22O5/c1-25(2,30-32(5,6)7)23(27)19-11-15-21(16-12-19)29-22-17-13-20(14-18-22)24(28)26(3,4)31-33(8,9)10;1-21(2,25-5)19(23)15-7-11-17(12-8-15)27-18-13-9-16(10-14-18)20(24)22(3,4)26-6;1-19(2,23)17(21)13-5-9-15(10-6-13)25-16-11-7-14(8-12-16)18(22)20(3,4)24/h11-18H,1-10H3;7-14H,1-6H3;5-12,23-24H,1-4H3. The molecule has 15 nitrogen and oxygen atoms in total. The first-order valence-corrected chi connectivity index (χ1v) is 34.7. The van der Waals surface area contributed by atoms with Gasteiger partial charge in [0.05, 0.1) is 0 Å². The number of carbonyl (C=O) groups excluding carboxylic acids is 6. The van der Waals surface area contributed by atoms with Crippen LogP contribution in [0.1, 0.15) is 145 Å². The number of carbonyl (C=O) groups is 6. The lowest BCUT2D eigenvalue weighted by atomic mass is 9.96. The van der Waals surface area contributed by atoms with Gasteiger partial charge in [-0.05, 0) is 268 Å². The number of ketones is 6. The molecule has 0 aliphatic carbocycles. The third-order valence-electron chi connectivity index (χ3n) is 12.8. The van der Waals surface area contributed by atoms with Gasteiger partial charge in [-0.3, -0.25) is 28.8 Å². The topological polar surface area (TPSA) is 207 Å². The van der Waals surface area contributed by atoms with Gasteiger partial charge in [-0.15, -0.1) is 0 Å². The van der Waals surface area contributed by atoms with Gasteiger partial charge < -0.3 is 42.7 Å². The van der Waals surface area contributed by atoms with Gasteiger partial charge in [0.25, 0.3) is 0 Å². The lowest BCUT2D eigenvalue weighted by Gasteiger charge is -2.31. The molecule has 0 fully saturated rings. The quantitative estimate of drug-likeness (QED) is 0.0427. The number of hydrogen-bond donors (Lipinski definition) is 2. The fourth-order valence-corrected chi connectivity index (χ4v) is 11.6. The zero-order valence-electron chi connectivity index (χ0n) is 53.1. The van der Waals surface area contributed by atoms with Crippen molar-refractivity contribution in [2.45, 2.75) is 156 Å². The molecule has 17 heteroatoms. The maximum atomic E-state index is 12.9. The molecule has 0 aliphatic rings. The molecule has 0 aliphatic heterocycles. The van der Waals surface area contributed by atoms with Gasteiger partial charge in [-0.1, -0.05) is 0 Å². The fourth-order valence-electron chi connectivity index (χ4n) is 8.36. The first-order chi connectivity index (χ1) is 39.0. The number of rotatable bonds is 24. The average molecular weight is 1200 g/mol. The molecule has 0 bridgehead atoms. The van der Waals surface area contributed by atoms with Gasteiger partial charge >= 0.3 is 0 Å². The number of aliphatic hydroxyl groups is 2. The third kappa shape index (κ3) is 21.1. The summed E-state index contributed by atoms with van der Waals surface area (Å²) >= 11 is 0. The minimum atomic E-state index is -1.86. The molecule has 0 spiro atoms. The molecule has 0 saturated carbocycles. The van der Waals surface area contributed by atoms with Crippen molar-refractivity contribution in [1.82, 2.24) is 0 Å². The van der Waals surface area contributed by atoms with E-state index < -0.39 is 50.2 Å². The van der Waals surface area contributed by atoms with Crippen molar-refractivity contribution < 1.29 is 71.5 Å². The Kier molecular flexibility index (Phi) is 23.2. The number of methoxy groups -OCH3 is 2. The fraction of sp³-hybridized carbons (Fsp3) is 0.382. The Balaban J connectivity index is 0.000000276. The van der Waals surface area contributed by atoms with E-state index in [1.54, 1.807) is 173 Å². The van der Waals surface area contributed by atoms with Crippen LogP contribution in [-0.4, -0.2) is 109 Å². The molecular weight excluding hydrogens is 1110 g/mol. The minimum absolute atomic E-state index is 0.0532. The van der Waals surface area contributed by atoms with Gasteiger partial charge in [0.1, 0.15) is 68.1 Å². The summed E-state index contributed by atoms with van der Waals surface area (Å²) in [4.78, 5) is 74.5. The summed E-state index contributed by atoms with van der Waals surface area (Å²) in [6.45, 7) is 32.4. The van der Waals surface area contributed by atoms with E-state index in [0.29, 0.717) is 67.9 Å². The summed E-state index contributed by atoms with van der Waals surface area (Å²) in [5.74, 6) is 2.42. The van der Waals surface area contributed by atoms with Gasteiger partial charge in [-0.2, -0.15) is 0 Å². The SMILES string of the molecule is CC(C)(O)C(=O)c1ccc(Oc2ccc(C(=O)C(C)(C)O)cc2)cc1.CC(C)(O[Si](C)(C)C)C(=O)c1ccc(Oc2ccc(C(=O)C(C)(C)O[Si](C)(C)C)cc2)cc1.COC(C)(C)C(=O)c1ccc(Oc2ccc(C(=O)C(C)(C)OC)cc2)cc1. The highest BCUT2D eigenvalue weighted by Crippen LogP contribution is 2.31. The molecule has 0 unspecified atom stereocenters. The van der Waals surface area contributed by atoms with E-state index in [0.717, 1.165) is 0 Å². The van der Waals surface area contributed by atoms with E-state index in [1.807, 2.05) is 27.7 Å². The van der Waals surface area contributed by atoms with Gasteiger partial charge in [-0.25, -0.2) is 0 Å². The summed E-state index contributed by atoms with van der Waals surface area (Å²) in [5.41, 5.74) is -3.29. The molecule has 456 valence electrons. The van der Waals surface area contributed by atoms with Crippen LogP contribution in [0.25, 0.3) is 0 Å². The minimum Gasteiger partial charge on any atom is -0.457 e. The molecule has 0 aromatic heterocycles. The van der Waals surface area contributed by atoms with Crippen LogP contribution in [-0.2, 0) is 18.3 Å². The van der Waals surface area contributed by atoms with E-state index in [9.17, 15) is 39.0 Å². The van der Waals surface area contributed by atoms with Crippen molar-refractivity contribution in [2.24, 2.45) is 0 Å². The van der Waals surface area contributed by atoms with E-state index >= 15 is 0 Å². The monoisotopic (exact) mass is 1200 g/mol. The molecule has 0 saturated heterocycles. The predicted molar refractivity (Wildman–Crippen MR) is 337 cm³/mol. The molecule has 2 N–H and O–H groups in total. The lowest BCUT2D eigenvalue weighted by molar-refractivity contribution is 0.0228. The van der Waals surface area contributed by atoms with Gasteiger partial charge in [0.2, 0.25) is 0 Å². The molecule has 6 aromatic carbocycles. The molecular formula is C68H86O15Si2. The molecule has 6 aromatic rings. The van der Waals surface area contributed by atoms with Crippen molar-refractivity contribution in [3.63, 3.8) is 0 Å². The highest BCUT2D eigenvalue weighted by molar-refractivity contribution is 6.70. The second kappa shape index (κ2) is 28.0. The molecule has 0 atom stereocenters. The summed E-state index contributed by atoms with van der Waals surface area (Å²) in [6.07, 6.45) is 0. The largest absolute Gasteiger partial charge is 0.457 e. The van der Waals surface area contributed by atoms with Crippen molar-refractivity contribution in [1.29, 1.82) is 0 Å². The van der Waals surface area contributed by atoms with Crippen molar-refractivity contribution in [3.8, 4) is 34.5 Å². The van der Waals surface area contributed by atoms with E-state index in [4.69, 9.17) is 32.5 Å². The number of Topliss-reactive ketones (excluding diaryl/α,β-unsaturated/α-hetero) is 6. The van der Waals surface area contributed by atoms with Gasteiger partial charge in [0.15, 0.2) is 51.3 Å². The van der Waals surface area contributed by atoms with Crippen LogP contribution >= 0.6 is 0 Å². The van der Waals surface area contributed by atoms with Crippen LogP contribution in [0.2, 0.25) is 39.3 Å². The van der Waals surface area contributed by atoms with Crippen LogP contribution < -0.4 is 14.2 Å². The van der Waals surface area contributed by atoms with E-state index in [2.05, 4.69) is 39.3 Å². The summed E-state index contributed by atoms with van der Waals surface area (Å²) in [7, 11) is -0.702. The molecule has 0 amide bonds. The highest BCUT2D eigenvalue weighted by atomic mass is 28.4. The number of hydrogen-bond acceptors (Lipinski definition) is 15. The van der Waals surface area contributed by atoms with Crippen LogP contribution in [0.5, 0.6) is 34.5 Å². The predicted octanol–water partition coefficient (Wildman–Crippen LogP) is 15.2. The number of benzene rings is 6. The number of ether oxygens (including phenoxy) is 5. The molecule has 0 radical (unpaired) electrons. The van der Waals surface area contributed by atoms with Crippen molar-refractivity contribution in [3.05, 3.63) is 179 Å². The van der Waals surface area contributed by atoms with Crippen LogP contribution in [0.15, 0.2) is 146 Å². The van der Waals surface area contributed by atoms with E-state index in [-0.39, 0.29) is 34.7 Å². The normalized spacial score (nSPS) is 12.4. The maximum absolute atomic E-state index is 12.9. The van der Waals surface area contributed by atoms with E-state index in [1.165, 1.54) is 41.9 Å². The van der Waals surface area contributed by atoms with Crippen LogP contribution in [0, 0.1) is 0 Å². The zero-order valence-corrected chi connectivity index (χ0v) is 55.1. The Morgan fingerprint density at radius 1 is 0.282 bits per heavy atom. The highest BCUT2D eigenvalue weighted by Gasteiger charge is 2.36. The Bertz CT molecular complexity index is 3020. The van der Waals surface area contributed by atoms with Crippen molar-refractivity contribution >= 4 is 51.3 Å². The van der Waals surface area contributed by atoms with Crippen LogP contribution in [0.3, 0.4) is 0 Å². The molecule has 0 heterocycles. The van der Waals surface area contributed by atoms with Crippen molar-refractivity contribution in [2.75, 3.05) is 14.2 Å². The first kappa shape index (κ1) is 70.4. The van der Waals surface area contributed by atoms with Gasteiger partial charge in [0, 0.05) is 47.6 Å². The summed E-state index contributed by atoms with van der Waals surface area (Å²) in [6, 6.07) is 40.7. The average Bonchev–Trinajstić information content (AvgIpc) is 3.38. The Morgan fingerprint density at radius 3 is 0.576 bits per heavy atom. The summed E-state index contributed by atoms with van der Waals surface area (Å²) < 4.78 is 40.0.